The van der Waals surface area contributed by atoms with E-state index in [1.54, 1.807) is 11.3 Å². The summed E-state index contributed by atoms with van der Waals surface area (Å²) in [6.45, 7) is 0. The molecule has 1 heterocycles. The van der Waals surface area contributed by atoms with Crippen molar-refractivity contribution in [2.75, 3.05) is 5.73 Å². The zero-order chi connectivity index (χ0) is 10.1. The van der Waals surface area contributed by atoms with Gasteiger partial charge in [0.1, 0.15) is 0 Å². The summed E-state index contributed by atoms with van der Waals surface area (Å²) in [7, 11) is 0. The normalized spacial score (nSPS) is 10.3. The third-order valence-electron chi connectivity index (χ3n) is 2.01. The van der Waals surface area contributed by atoms with Gasteiger partial charge < -0.3 is 5.73 Å². The van der Waals surface area contributed by atoms with Crippen LogP contribution in [0.4, 0.5) is 5.69 Å². The van der Waals surface area contributed by atoms with E-state index < -0.39 is 0 Å². The van der Waals surface area contributed by atoms with E-state index in [1.807, 2.05) is 18.2 Å². The molecule has 0 aliphatic carbocycles. The third kappa shape index (κ3) is 1.49. The molecule has 0 saturated carbocycles. The molecular formula is C10H7BrN2S. The van der Waals surface area contributed by atoms with E-state index >= 15 is 0 Å². The third-order valence-corrected chi connectivity index (χ3v) is 3.67. The molecule has 0 saturated heterocycles. The lowest BCUT2D eigenvalue weighted by Crippen LogP contribution is -1.87. The van der Waals surface area contributed by atoms with Crippen LogP contribution in [0.2, 0.25) is 0 Å². The first-order valence-corrected chi connectivity index (χ1v) is 5.66. The molecule has 2 N–H and O–H groups in total. The molecule has 2 nitrogen and oxygen atoms in total. The van der Waals surface area contributed by atoms with Gasteiger partial charge in [0.2, 0.25) is 0 Å². The van der Waals surface area contributed by atoms with Gasteiger partial charge in [0.15, 0.2) is 0 Å². The van der Waals surface area contributed by atoms with Gasteiger partial charge in [-0.2, -0.15) is 5.26 Å². The van der Waals surface area contributed by atoms with E-state index in [0.29, 0.717) is 6.42 Å². The van der Waals surface area contributed by atoms with Gasteiger partial charge in [-0.15, -0.1) is 11.3 Å². The Balaban J connectivity index is 2.68. The number of halogens is 1. The molecule has 2 aromatic rings. The Labute approximate surface area is 94.1 Å². The Morgan fingerprint density at radius 2 is 2.29 bits per heavy atom. The highest BCUT2D eigenvalue weighted by molar-refractivity contribution is 9.10. The molecule has 0 spiro atoms. The van der Waals surface area contributed by atoms with E-state index in [9.17, 15) is 0 Å². The smallest absolute Gasteiger partial charge is 0.0716 e. The van der Waals surface area contributed by atoms with E-state index in [1.165, 1.54) is 0 Å². The highest BCUT2D eigenvalue weighted by atomic mass is 79.9. The van der Waals surface area contributed by atoms with E-state index in [4.69, 9.17) is 11.0 Å². The maximum Gasteiger partial charge on any atom is 0.0716 e. The largest absolute Gasteiger partial charge is 0.397 e. The Hall–Kier alpha value is -1.05. The first-order chi connectivity index (χ1) is 6.72. The monoisotopic (exact) mass is 266 g/mol. The second kappa shape index (κ2) is 3.60. The number of nitrogen functional groups attached to an aromatic ring is 1. The molecule has 0 fully saturated rings. The first kappa shape index (κ1) is 9.50. The molecule has 0 unspecified atom stereocenters. The zero-order valence-electron chi connectivity index (χ0n) is 7.25. The summed E-state index contributed by atoms with van der Waals surface area (Å²) in [5.74, 6) is 0. The van der Waals surface area contributed by atoms with Crippen molar-refractivity contribution in [3.8, 4) is 6.07 Å². The van der Waals surface area contributed by atoms with Gasteiger partial charge in [0.25, 0.3) is 0 Å². The van der Waals surface area contributed by atoms with Gasteiger partial charge in [-0.1, -0.05) is 22.0 Å². The van der Waals surface area contributed by atoms with Crippen LogP contribution in [0.5, 0.6) is 0 Å². The second-order valence-corrected chi connectivity index (χ2v) is 4.97. The van der Waals surface area contributed by atoms with Crippen LogP contribution < -0.4 is 5.73 Å². The van der Waals surface area contributed by atoms with Crippen LogP contribution in [0.1, 0.15) is 4.88 Å². The van der Waals surface area contributed by atoms with Crippen molar-refractivity contribution in [3.63, 3.8) is 0 Å². The zero-order valence-corrected chi connectivity index (χ0v) is 9.65. The molecule has 1 aromatic carbocycles. The fraction of sp³-hybridized carbons (Fsp3) is 0.100. The predicted octanol–water partition coefficient (Wildman–Crippen LogP) is 3.31. The van der Waals surface area contributed by atoms with Gasteiger partial charge in [-0.05, 0) is 12.1 Å². The topological polar surface area (TPSA) is 49.8 Å². The molecule has 0 aliphatic heterocycles. The minimum atomic E-state index is 0.392. The minimum absolute atomic E-state index is 0.392. The number of nitrogens with two attached hydrogens (primary N) is 1. The Kier molecular flexibility index (Phi) is 2.44. The Morgan fingerprint density at radius 1 is 1.50 bits per heavy atom. The molecule has 0 amide bonds. The molecule has 0 radical (unpaired) electrons. The van der Waals surface area contributed by atoms with Gasteiger partial charge in [-0.25, -0.2) is 0 Å². The molecule has 0 aliphatic rings. The van der Waals surface area contributed by atoms with Crippen LogP contribution in [-0.4, -0.2) is 0 Å². The van der Waals surface area contributed by atoms with E-state index in [0.717, 1.165) is 25.1 Å². The fourth-order valence-corrected chi connectivity index (χ4v) is 2.95. The lowest BCUT2D eigenvalue weighted by atomic mass is 10.2. The number of anilines is 1. The number of nitrogens with zero attached hydrogens (tertiary/aromatic N) is 1. The van der Waals surface area contributed by atoms with Crippen LogP contribution in [0.15, 0.2) is 22.7 Å². The van der Waals surface area contributed by atoms with Crippen molar-refractivity contribution in [1.29, 1.82) is 5.26 Å². The fourth-order valence-electron chi connectivity index (χ4n) is 1.34. The molecule has 0 atom stereocenters. The maximum atomic E-state index is 8.62. The molecule has 70 valence electrons. The van der Waals surface area contributed by atoms with Crippen LogP contribution in [0, 0.1) is 11.3 Å². The van der Waals surface area contributed by atoms with Crippen molar-refractivity contribution in [1.82, 2.24) is 0 Å². The summed E-state index contributed by atoms with van der Waals surface area (Å²) in [5, 5.41) is 9.66. The second-order valence-electron chi connectivity index (χ2n) is 2.91. The average Bonchev–Trinajstić information content (AvgIpc) is 2.44. The SMILES string of the molecule is N#CCc1sc2cc(Br)ccc2c1N. The highest BCUT2D eigenvalue weighted by Crippen LogP contribution is 2.35. The number of nitriles is 1. The average molecular weight is 267 g/mol. The number of fused-ring (bicyclic) bond motifs is 1. The van der Waals surface area contributed by atoms with Gasteiger partial charge in [-0.3, -0.25) is 0 Å². The molecular weight excluding hydrogens is 260 g/mol. The summed E-state index contributed by atoms with van der Waals surface area (Å²) >= 11 is 4.99. The van der Waals surface area contributed by atoms with Gasteiger partial charge in [0, 0.05) is 19.4 Å². The standard InChI is InChI=1S/C10H7BrN2S/c11-6-1-2-7-9(5-6)14-8(3-4-12)10(7)13/h1-2,5H,3,13H2. The van der Waals surface area contributed by atoms with Crippen molar-refractivity contribution < 1.29 is 0 Å². The number of benzene rings is 1. The predicted molar refractivity (Wildman–Crippen MR) is 63.3 cm³/mol. The van der Waals surface area contributed by atoms with Crippen molar-refractivity contribution in [2.45, 2.75) is 6.42 Å². The molecule has 1 aromatic heterocycles. The van der Waals surface area contributed by atoms with Gasteiger partial charge >= 0.3 is 0 Å². The first-order valence-electron chi connectivity index (χ1n) is 4.05. The molecule has 0 bridgehead atoms. The molecule has 2 rings (SSSR count). The van der Waals surface area contributed by atoms with E-state index in [-0.39, 0.29) is 0 Å². The summed E-state index contributed by atoms with van der Waals surface area (Å²) < 4.78 is 2.16. The minimum Gasteiger partial charge on any atom is -0.397 e. The quantitative estimate of drug-likeness (QED) is 0.861. The van der Waals surface area contributed by atoms with Crippen LogP contribution in [-0.2, 0) is 6.42 Å². The summed E-state index contributed by atoms with van der Waals surface area (Å²) in [5.41, 5.74) is 6.67. The van der Waals surface area contributed by atoms with Crippen LogP contribution in [0.3, 0.4) is 0 Å². The number of hydrogen-bond acceptors (Lipinski definition) is 3. The Morgan fingerprint density at radius 3 is 3.00 bits per heavy atom. The van der Waals surface area contributed by atoms with Crippen molar-refractivity contribution in [3.05, 3.63) is 27.5 Å². The molecule has 14 heavy (non-hydrogen) atoms. The maximum absolute atomic E-state index is 8.62. The van der Waals surface area contributed by atoms with Crippen LogP contribution >= 0.6 is 27.3 Å². The van der Waals surface area contributed by atoms with Crippen molar-refractivity contribution in [2.24, 2.45) is 0 Å². The Bertz CT molecular complexity index is 525. The summed E-state index contributed by atoms with van der Waals surface area (Å²) in [6, 6.07) is 8.08. The lowest BCUT2D eigenvalue weighted by molar-refractivity contribution is 1.32. The van der Waals surface area contributed by atoms with Crippen LogP contribution in [0.25, 0.3) is 10.1 Å². The number of thiophene rings is 1. The molecule has 4 heteroatoms. The van der Waals surface area contributed by atoms with Crippen molar-refractivity contribution >= 4 is 43.0 Å². The van der Waals surface area contributed by atoms with E-state index in [2.05, 4.69) is 22.0 Å². The highest BCUT2D eigenvalue weighted by Gasteiger charge is 2.08. The van der Waals surface area contributed by atoms with Gasteiger partial charge in [0.05, 0.1) is 18.2 Å². The lowest BCUT2D eigenvalue weighted by Gasteiger charge is -1.92. The number of hydrogen-bond donors (Lipinski definition) is 1. The summed E-state index contributed by atoms with van der Waals surface area (Å²) in [6.07, 6.45) is 0.392. The number of rotatable bonds is 1. The summed E-state index contributed by atoms with van der Waals surface area (Å²) in [4.78, 5) is 0.959.